The van der Waals surface area contributed by atoms with Gasteiger partial charge in [0.2, 0.25) is 0 Å². The summed E-state index contributed by atoms with van der Waals surface area (Å²) in [6.45, 7) is 6.29. The number of rotatable bonds is 13. The first kappa shape index (κ1) is 33.1. The molecule has 1 N–H and O–H groups in total. The van der Waals surface area contributed by atoms with E-state index in [-0.39, 0.29) is 34.8 Å². The Hall–Kier alpha value is -4.41. The number of ether oxygens (including phenoxy) is 2. The maximum atomic E-state index is 13.6. The summed E-state index contributed by atoms with van der Waals surface area (Å²) in [4.78, 5) is 21.2. The van der Waals surface area contributed by atoms with Gasteiger partial charge in [0.05, 0.1) is 43.4 Å². The van der Waals surface area contributed by atoms with Crippen molar-refractivity contribution >= 4 is 29.0 Å². The number of piperidine rings is 1. The molecule has 0 radical (unpaired) electrons. The van der Waals surface area contributed by atoms with Crippen LogP contribution in [-0.4, -0.2) is 93.9 Å². The number of aromatic nitrogens is 8. The minimum absolute atomic E-state index is 0.0580. The fourth-order valence-electron chi connectivity index (χ4n) is 6.45. The standard InChI is InChI=1S/C33H38F2N10O3S/c1-4-27(29-19-47-29)42-12-8-22(9-13-42)45-17-21(39-41-45)16-43-18-26(38-32(46)25-15-37-44-11-5-10-36-31(25)44)30(40-43)24-14-23(49-20(2)3)6-7-28(24)48-33(34)35/h5-7,10-11,14-15,17-18,20,22,27,29,33H,4,8-9,12-13,16,19H2,1-3H3,(H,38,46). The monoisotopic (exact) mass is 692 g/mol. The Balaban J connectivity index is 1.16. The molecule has 0 aliphatic carbocycles. The molecule has 0 bridgehead atoms. The molecule has 5 aromatic rings. The first-order valence-corrected chi connectivity index (χ1v) is 17.3. The van der Waals surface area contributed by atoms with Crippen LogP contribution in [0.5, 0.6) is 5.75 Å². The van der Waals surface area contributed by atoms with E-state index in [4.69, 9.17) is 14.6 Å². The molecule has 49 heavy (non-hydrogen) atoms. The number of epoxide rings is 1. The maximum Gasteiger partial charge on any atom is 0.387 e. The van der Waals surface area contributed by atoms with E-state index >= 15 is 0 Å². The highest BCUT2D eigenvalue weighted by Crippen LogP contribution is 2.39. The number of alkyl halides is 2. The predicted molar refractivity (Wildman–Crippen MR) is 179 cm³/mol. The van der Waals surface area contributed by atoms with Crippen molar-refractivity contribution in [3.63, 3.8) is 0 Å². The zero-order valence-corrected chi connectivity index (χ0v) is 28.3. The van der Waals surface area contributed by atoms with Crippen LogP contribution in [0.15, 0.2) is 60.1 Å². The minimum Gasteiger partial charge on any atom is -0.434 e. The SMILES string of the molecule is CCC(C1CO1)N1CCC(n2cc(Cn3cc(NC(=O)c4cnn5cccnc45)c(-c4cc(SC(C)C)ccc4OC(F)F)n3)nn2)CC1. The van der Waals surface area contributed by atoms with E-state index in [1.807, 2.05) is 24.7 Å². The largest absolute Gasteiger partial charge is 0.434 e. The Bertz CT molecular complexity index is 1920. The van der Waals surface area contributed by atoms with Gasteiger partial charge in [-0.05, 0) is 43.5 Å². The van der Waals surface area contributed by atoms with Crippen molar-refractivity contribution in [2.45, 2.75) is 81.5 Å². The Kier molecular flexibility index (Phi) is 9.60. The predicted octanol–water partition coefficient (Wildman–Crippen LogP) is 5.40. The molecule has 1 aromatic carbocycles. The van der Waals surface area contributed by atoms with Gasteiger partial charge in [0, 0.05) is 53.4 Å². The second-order valence-electron chi connectivity index (χ2n) is 12.5. The lowest BCUT2D eigenvalue weighted by Gasteiger charge is -2.36. The number of halogens is 2. The summed E-state index contributed by atoms with van der Waals surface area (Å²) < 4.78 is 42.7. The Morgan fingerprint density at radius 3 is 2.76 bits per heavy atom. The lowest BCUT2D eigenvalue weighted by Crippen LogP contribution is -2.44. The number of carbonyl (C=O) groups is 1. The smallest absolute Gasteiger partial charge is 0.387 e. The molecule has 2 fully saturated rings. The highest BCUT2D eigenvalue weighted by atomic mass is 32.2. The highest BCUT2D eigenvalue weighted by Gasteiger charge is 2.37. The number of anilines is 1. The fraction of sp³-hybridized carbons (Fsp3) is 0.455. The van der Waals surface area contributed by atoms with Gasteiger partial charge in [-0.1, -0.05) is 26.0 Å². The zero-order chi connectivity index (χ0) is 34.1. The van der Waals surface area contributed by atoms with Crippen molar-refractivity contribution in [1.82, 2.24) is 44.3 Å². The van der Waals surface area contributed by atoms with Crippen molar-refractivity contribution in [3.05, 3.63) is 66.5 Å². The topological polar surface area (TPSA) is 133 Å². The lowest BCUT2D eigenvalue weighted by atomic mass is 10.0. The van der Waals surface area contributed by atoms with Gasteiger partial charge in [-0.25, -0.2) is 14.2 Å². The number of carbonyl (C=O) groups excluding carboxylic acids is 1. The summed E-state index contributed by atoms with van der Waals surface area (Å²) in [5.41, 5.74) is 2.18. The quantitative estimate of drug-likeness (QED) is 0.126. The number of amides is 1. The van der Waals surface area contributed by atoms with Crippen molar-refractivity contribution in [3.8, 4) is 17.0 Å². The number of nitrogens with zero attached hydrogens (tertiary/aromatic N) is 9. The average Bonchev–Trinajstić information content (AvgIpc) is 3.45. The van der Waals surface area contributed by atoms with Crippen molar-refractivity contribution in [2.75, 3.05) is 25.0 Å². The van der Waals surface area contributed by atoms with Crippen LogP contribution < -0.4 is 10.1 Å². The van der Waals surface area contributed by atoms with E-state index < -0.39 is 12.5 Å². The summed E-state index contributed by atoms with van der Waals surface area (Å²) in [5, 5.41) is 21.0. The van der Waals surface area contributed by atoms with Gasteiger partial charge in [-0.2, -0.15) is 19.0 Å². The number of hydrogen-bond donors (Lipinski definition) is 1. The van der Waals surface area contributed by atoms with Gasteiger partial charge in [-0.3, -0.25) is 14.4 Å². The second-order valence-corrected chi connectivity index (χ2v) is 14.1. The van der Waals surface area contributed by atoms with Crippen LogP contribution >= 0.6 is 11.8 Å². The van der Waals surface area contributed by atoms with Gasteiger partial charge in [0.25, 0.3) is 5.91 Å². The van der Waals surface area contributed by atoms with Crippen molar-refractivity contribution in [1.29, 1.82) is 0 Å². The third-order valence-electron chi connectivity index (χ3n) is 8.76. The molecule has 2 aliphatic heterocycles. The summed E-state index contributed by atoms with van der Waals surface area (Å²) in [5.74, 6) is -0.535. The van der Waals surface area contributed by atoms with Crippen LogP contribution in [0.25, 0.3) is 16.9 Å². The number of nitrogens with one attached hydrogen (secondary N) is 1. The molecule has 13 nitrogen and oxygen atoms in total. The van der Waals surface area contributed by atoms with Crippen LogP contribution in [0.1, 0.15) is 62.1 Å². The first-order chi connectivity index (χ1) is 23.7. The van der Waals surface area contributed by atoms with Crippen LogP contribution in [-0.2, 0) is 11.3 Å². The molecule has 258 valence electrons. The molecule has 2 atom stereocenters. The molecule has 7 rings (SSSR count). The van der Waals surface area contributed by atoms with Gasteiger partial charge < -0.3 is 14.8 Å². The molecule has 2 aliphatic rings. The molecular weight excluding hydrogens is 654 g/mol. The third kappa shape index (κ3) is 7.45. The molecule has 2 unspecified atom stereocenters. The van der Waals surface area contributed by atoms with E-state index in [1.165, 1.54) is 16.8 Å². The maximum absolute atomic E-state index is 13.6. The average molecular weight is 693 g/mol. The van der Waals surface area contributed by atoms with Crippen molar-refractivity contribution < 1.29 is 23.0 Å². The Morgan fingerprint density at radius 1 is 1.20 bits per heavy atom. The normalized spacial score (nSPS) is 17.7. The summed E-state index contributed by atoms with van der Waals surface area (Å²) >= 11 is 1.57. The molecule has 1 amide bonds. The summed E-state index contributed by atoms with van der Waals surface area (Å²) in [7, 11) is 0. The van der Waals surface area contributed by atoms with Gasteiger partial charge in [0.15, 0.2) is 5.65 Å². The van der Waals surface area contributed by atoms with Crippen LogP contribution in [0, 0.1) is 0 Å². The fourth-order valence-corrected chi connectivity index (χ4v) is 7.33. The molecular formula is C33H38F2N10O3S. The number of likely N-dealkylation sites (tertiary alicyclic amines) is 1. The zero-order valence-electron chi connectivity index (χ0n) is 27.4. The van der Waals surface area contributed by atoms with E-state index in [9.17, 15) is 13.6 Å². The minimum atomic E-state index is -3.05. The first-order valence-electron chi connectivity index (χ1n) is 16.4. The summed E-state index contributed by atoms with van der Waals surface area (Å²) in [6, 6.07) is 7.40. The van der Waals surface area contributed by atoms with Crippen LogP contribution in [0.4, 0.5) is 14.5 Å². The van der Waals surface area contributed by atoms with Gasteiger partial charge >= 0.3 is 6.61 Å². The number of fused-ring (bicyclic) bond motifs is 1. The second kappa shape index (κ2) is 14.2. The molecule has 4 aromatic heterocycles. The Morgan fingerprint density at radius 2 is 2.02 bits per heavy atom. The van der Waals surface area contributed by atoms with E-state index in [0.717, 1.165) is 43.9 Å². The van der Waals surface area contributed by atoms with Crippen molar-refractivity contribution in [2.24, 2.45) is 0 Å². The lowest BCUT2D eigenvalue weighted by molar-refractivity contribution is -0.0494. The number of thioether (sulfide) groups is 1. The van der Waals surface area contributed by atoms with Gasteiger partial charge in [-0.15, -0.1) is 16.9 Å². The van der Waals surface area contributed by atoms with Gasteiger partial charge in [0.1, 0.15) is 22.7 Å². The summed E-state index contributed by atoms with van der Waals surface area (Å²) in [6.07, 6.45) is 11.6. The van der Waals surface area contributed by atoms with Crippen LogP contribution in [0.3, 0.4) is 0 Å². The molecule has 0 spiro atoms. The highest BCUT2D eigenvalue weighted by molar-refractivity contribution is 7.99. The number of benzene rings is 1. The number of hydrogen-bond acceptors (Lipinski definition) is 10. The molecule has 6 heterocycles. The Labute approximate surface area is 286 Å². The van der Waals surface area contributed by atoms with E-state index in [2.05, 4.69) is 37.5 Å². The third-order valence-corrected chi connectivity index (χ3v) is 9.76. The molecule has 2 saturated heterocycles. The van der Waals surface area contributed by atoms with E-state index in [0.29, 0.717) is 34.7 Å². The van der Waals surface area contributed by atoms with Crippen LogP contribution in [0.2, 0.25) is 0 Å². The molecule has 0 saturated carbocycles. The van der Waals surface area contributed by atoms with E-state index in [1.54, 1.807) is 53.2 Å². The molecule has 16 heteroatoms.